The van der Waals surface area contributed by atoms with Crippen LogP contribution in [0.25, 0.3) is 0 Å². The first-order valence-corrected chi connectivity index (χ1v) is 8.41. The van der Waals surface area contributed by atoms with Crippen LogP contribution in [0.5, 0.6) is 0 Å². The van der Waals surface area contributed by atoms with Gasteiger partial charge < -0.3 is 26.0 Å². The minimum atomic E-state index is -1.39. The number of hydrogen-bond acceptors (Lipinski definition) is 4. The summed E-state index contributed by atoms with van der Waals surface area (Å²) >= 11 is 0. The van der Waals surface area contributed by atoms with Crippen molar-refractivity contribution < 1.29 is 34.5 Å². The molecule has 0 radical (unpaired) electrons. The summed E-state index contributed by atoms with van der Waals surface area (Å²) in [7, 11) is 0. The second-order valence-corrected chi connectivity index (χ2v) is 6.16. The van der Waals surface area contributed by atoms with E-state index in [1.165, 1.54) is 0 Å². The highest BCUT2D eigenvalue weighted by Gasteiger charge is 2.24. The molecule has 1 unspecified atom stereocenters. The van der Waals surface area contributed by atoms with Crippen molar-refractivity contribution in [3.05, 3.63) is 0 Å². The molecule has 9 heteroatoms. The first-order chi connectivity index (χ1) is 11.7. The lowest BCUT2D eigenvalue weighted by Crippen LogP contribution is -2.51. The molecule has 0 aromatic carbocycles. The molecule has 0 bridgehead atoms. The maximum Gasteiger partial charge on any atom is 0.326 e. The molecule has 144 valence electrons. The van der Waals surface area contributed by atoms with Gasteiger partial charge in [-0.05, 0) is 18.8 Å². The van der Waals surface area contributed by atoms with Crippen molar-refractivity contribution >= 4 is 23.9 Å². The van der Waals surface area contributed by atoms with E-state index < -0.39 is 42.4 Å². The summed E-state index contributed by atoms with van der Waals surface area (Å²) in [4.78, 5) is 44.6. The Morgan fingerprint density at radius 2 is 1.36 bits per heavy atom. The van der Waals surface area contributed by atoms with Gasteiger partial charge in [-0.2, -0.15) is 0 Å². The van der Waals surface area contributed by atoms with E-state index in [1.54, 1.807) is 0 Å². The number of carboxylic acid groups (broad SMARTS) is 3. The van der Waals surface area contributed by atoms with Crippen molar-refractivity contribution in [2.45, 2.75) is 70.9 Å². The molecule has 0 aliphatic carbocycles. The molecule has 0 aromatic heterocycles. The summed E-state index contributed by atoms with van der Waals surface area (Å²) in [5.74, 6) is -3.29. The molecule has 0 rings (SSSR count). The van der Waals surface area contributed by atoms with Crippen molar-refractivity contribution in [1.82, 2.24) is 10.6 Å². The molecular formula is C16H28N2O7. The molecular weight excluding hydrogens is 332 g/mol. The molecule has 2 amide bonds. The number of aliphatic carboxylic acids is 3. The van der Waals surface area contributed by atoms with E-state index in [1.807, 2.05) is 0 Å². The number of carboxylic acids is 3. The van der Waals surface area contributed by atoms with Gasteiger partial charge in [0.2, 0.25) is 0 Å². The highest BCUT2D eigenvalue weighted by molar-refractivity contribution is 5.86. The second-order valence-electron chi connectivity index (χ2n) is 6.16. The quantitative estimate of drug-likeness (QED) is 0.335. The Hall–Kier alpha value is -2.32. The van der Waals surface area contributed by atoms with Gasteiger partial charge in [-0.3, -0.25) is 4.79 Å². The Balaban J connectivity index is 4.48. The lowest BCUT2D eigenvalue weighted by atomic mass is 9.97. The average Bonchev–Trinajstić information content (AvgIpc) is 2.50. The van der Waals surface area contributed by atoms with Crippen molar-refractivity contribution in [1.29, 1.82) is 0 Å². The third kappa shape index (κ3) is 11.0. The van der Waals surface area contributed by atoms with Crippen LogP contribution in [0.3, 0.4) is 0 Å². The Labute approximate surface area is 146 Å². The molecule has 0 saturated carbocycles. The lowest BCUT2D eigenvalue weighted by molar-refractivity contribution is -0.140. The van der Waals surface area contributed by atoms with Gasteiger partial charge in [0, 0.05) is 6.42 Å². The molecule has 0 saturated heterocycles. The van der Waals surface area contributed by atoms with E-state index in [9.17, 15) is 24.3 Å². The minimum absolute atomic E-state index is 0.240. The van der Waals surface area contributed by atoms with Crippen LogP contribution in [0.4, 0.5) is 4.79 Å². The van der Waals surface area contributed by atoms with Crippen LogP contribution in [0.2, 0.25) is 0 Å². The molecule has 5 N–H and O–H groups in total. The van der Waals surface area contributed by atoms with Crippen molar-refractivity contribution in [3.63, 3.8) is 0 Å². The van der Waals surface area contributed by atoms with Crippen molar-refractivity contribution in [2.75, 3.05) is 0 Å². The smallest absolute Gasteiger partial charge is 0.326 e. The van der Waals surface area contributed by atoms with Gasteiger partial charge in [-0.1, -0.05) is 39.5 Å². The zero-order valence-electron chi connectivity index (χ0n) is 14.7. The molecule has 0 aliphatic rings. The van der Waals surface area contributed by atoms with Crippen LogP contribution >= 0.6 is 0 Å². The Morgan fingerprint density at radius 3 is 1.80 bits per heavy atom. The van der Waals surface area contributed by atoms with Gasteiger partial charge in [-0.25, -0.2) is 14.4 Å². The van der Waals surface area contributed by atoms with E-state index in [-0.39, 0.29) is 12.8 Å². The third-order valence-electron chi connectivity index (χ3n) is 3.82. The summed E-state index contributed by atoms with van der Waals surface area (Å²) in [6.45, 7) is 4.16. The molecule has 3 atom stereocenters. The lowest BCUT2D eigenvalue weighted by Gasteiger charge is -2.19. The SMILES string of the molecule is CCCC(C)CCC[C@H](NC(=O)N[C@@H](CCC(=O)O)C(=O)O)C(=O)O. The van der Waals surface area contributed by atoms with Crippen molar-refractivity contribution in [3.8, 4) is 0 Å². The van der Waals surface area contributed by atoms with Gasteiger partial charge in [0.25, 0.3) is 0 Å². The van der Waals surface area contributed by atoms with Gasteiger partial charge in [0.1, 0.15) is 12.1 Å². The maximum atomic E-state index is 11.8. The summed E-state index contributed by atoms with van der Waals surface area (Å²) in [5.41, 5.74) is 0. The molecule has 0 aromatic rings. The number of hydrogen-bond donors (Lipinski definition) is 5. The molecule has 0 heterocycles. The molecule has 9 nitrogen and oxygen atoms in total. The number of carbonyl (C=O) groups excluding carboxylic acids is 1. The van der Waals surface area contributed by atoms with E-state index in [0.717, 1.165) is 19.3 Å². The van der Waals surface area contributed by atoms with Gasteiger partial charge in [-0.15, -0.1) is 0 Å². The van der Waals surface area contributed by atoms with Gasteiger partial charge in [0.05, 0.1) is 0 Å². The first-order valence-electron chi connectivity index (χ1n) is 8.41. The van der Waals surface area contributed by atoms with Crippen LogP contribution in [0.15, 0.2) is 0 Å². The number of nitrogens with one attached hydrogen (secondary N) is 2. The van der Waals surface area contributed by atoms with Crippen LogP contribution in [-0.4, -0.2) is 51.3 Å². The molecule has 0 spiro atoms. The first kappa shape index (κ1) is 22.7. The molecule has 0 fully saturated rings. The fraction of sp³-hybridized carbons (Fsp3) is 0.750. The van der Waals surface area contributed by atoms with E-state index in [2.05, 4.69) is 24.5 Å². The fourth-order valence-electron chi connectivity index (χ4n) is 2.45. The normalized spacial score (nSPS) is 14.2. The Morgan fingerprint density at radius 1 is 0.840 bits per heavy atom. The minimum Gasteiger partial charge on any atom is -0.481 e. The summed E-state index contributed by atoms with van der Waals surface area (Å²) in [6.07, 6.45) is 3.10. The standard InChI is InChI=1S/C16H28N2O7/c1-3-5-10(2)6-4-7-11(14(21)22)17-16(25)18-12(15(23)24)8-9-13(19)20/h10-12H,3-9H2,1-2H3,(H,19,20)(H,21,22)(H,23,24)(H2,17,18,25)/t10?,11-,12-/m0/s1. The van der Waals surface area contributed by atoms with Crippen LogP contribution in [0, 0.1) is 5.92 Å². The third-order valence-corrected chi connectivity index (χ3v) is 3.82. The number of carbonyl (C=O) groups is 4. The zero-order chi connectivity index (χ0) is 19.4. The summed E-state index contributed by atoms with van der Waals surface area (Å²) in [6, 6.07) is -3.45. The van der Waals surface area contributed by atoms with E-state index >= 15 is 0 Å². The monoisotopic (exact) mass is 360 g/mol. The highest BCUT2D eigenvalue weighted by atomic mass is 16.4. The summed E-state index contributed by atoms with van der Waals surface area (Å²) < 4.78 is 0. The Kier molecular flexibility index (Phi) is 11.0. The van der Waals surface area contributed by atoms with Gasteiger partial charge in [0.15, 0.2) is 0 Å². The zero-order valence-corrected chi connectivity index (χ0v) is 14.7. The van der Waals surface area contributed by atoms with Gasteiger partial charge >= 0.3 is 23.9 Å². The fourth-order valence-corrected chi connectivity index (χ4v) is 2.45. The van der Waals surface area contributed by atoms with Crippen LogP contribution < -0.4 is 10.6 Å². The molecule has 25 heavy (non-hydrogen) atoms. The topological polar surface area (TPSA) is 153 Å². The maximum absolute atomic E-state index is 11.8. The number of urea groups is 1. The largest absolute Gasteiger partial charge is 0.481 e. The molecule has 0 aliphatic heterocycles. The van der Waals surface area contributed by atoms with Crippen LogP contribution in [0.1, 0.15) is 58.8 Å². The van der Waals surface area contributed by atoms with Crippen molar-refractivity contribution in [2.24, 2.45) is 5.92 Å². The van der Waals surface area contributed by atoms with E-state index in [4.69, 9.17) is 10.2 Å². The number of amides is 2. The van der Waals surface area contributed by atoms with Crippen LogP contribution in [-0.2, 0) is 14.4 Å². The van der Waals surface area contributed by atoms with E-state index in [0.29, 0.717) is 12.3 Å². The number of rotatable bonds is 13. The predicted molar refractivity (Wildman–Crippen MR) is 89.3 cm³/mol. The Bertz CT molecular complexity index is 467. The summed E-state index contributed by atoms with van der Waals surface area (Å²) in [5, 5.41) is 31.1. The highest BCUT2D eigenvalue weighted by Crippen LogP contribution is 2.14. The average molecular weight is 360 g/mol. The predicted octanol–water partition coefficient (Wildman–Crippen LogP) is 1.66. The second kappa shape index (κ2) is 12.1.